The lowest BCUT2D eigenvalue weighted by molar-refractivity contribution is -0.128. The van der Waals surface area contributed by atoms with Gasteiger partial charge >= 0.3 is 0 Å². The molecule has 0 radical (unpaired) electrons. The van der Waals surface area contributed by atoms with Crippen LogP contribution in [-0.2, 0) is 22.6 Å². The van der Waals surface area contributed by atoms with E-state index in [0.717, 1.165) is 22.6 Å². The molecule has 0 saturated heterocycles. The second-order valence-corrected chi connectivity index (χ2v) is 9.52. The molecule has 170 valence electrons. The molecule has 2 atom stereocenters. The van der Waals surface area contributed by atoms with Gasteiger partial charge in [-0.15, -0.1) is 11.8 Å². The predicted molar refractivity (Wildman–Crippen MR) is 131 cm³/mol. The Hall–Kier alpha value is -3.12. The van der Waals surface area contributed by atoms with E-state index in [9.17, 15) is 14.0 Å². The fraction of sp³-hybridized carbons (Fsp3) is 0.259. The van der Waals surface area contributed by atoms with Crippen molar-refractivity contribution in [3.8, 4) is 0 Å². The van der Waals surface area contributed by atoms with E-state index in [4.69, 9.17) is 0 Å². The van der Waals surface area contributed by atoms with Crippen LogP contribution in [0.1, 0.15) is 23.6 Å². The van der Waals surface area contributed by atoms with Crippen molar-refractivity contribution in [1.82, 2.24) is 5.32 Å². The molecule has 1 aliphatic heterocycles. The van der Waals surface area contributed by atoms with Gasteiger partial charge in [0.05, 0.1) is 18.2 Å². The Labute approximate surface area is 198 Å². The van der Waals surface area contributed by atoms with Gasteiger partial charge in [-0.3, -0.25) is 9.59 Å². The Bertz CT molecular complexity index is 1150. The summed E-state index contributed by atoms with van der Waals surface area (Å²) < 4.78 is 14.3. The number of benzene rings is 3. The summed E-state index contributed by atoms with van der Waals surface area (Å²) in [6.07, 6.45) is 0.729. The third kappa shape index (κ3) is 5.28. The molecule has 3 aromatic rings. The molecule has 0 fully saturated rings. The Kier molecular flexibility index (Phi) is 7.14. The molecule has 1 N–H and O–H groups in total. The van der Waals surface area contributed by atoms with Gasteiger partial charge in [0.2, 0.25) is 11.8 Å². The average molecular weight is 463 g/mol. The topological polar surface area (TPSA) is 49.4 Å². The van der Waals surface area contributed by atoms with E-state index in [2.05, 4.69) is 29.6 Å². The molecule has 4 rings (SSSR count). The van der Waals surface area contributed by atoms with E-state index < -0.39 is 11.2 Å². The SMILES string of the molecule is Cc1ccc(CCNC(=O)[C@@H](C)[C@@H]2Sc3ccccc3N(Cc3ccccc3F)C2=O)cc1. The van der Waals surface area contributed by atoms with Gasteiger partial charge in [-0.25, -0.2) is 4.39 Å². The number of hydrogen-bond acceptors (Lipinski definition) is 3. The fourth-order valence-corrected chi connectivity index (χ4v) is 5.18. The van der Waals surface area contributed by atoms with Crippen LogP contribution in [0, 0.1) is 18.7 Å². The molecular weight excluding hydrogens is 435 g/mol. The molecule has 0 bridgehead atoms. The van der Waals surface area contributed by atoms with Crippen LogP contribution in [0.3, 0.4) is 0 Å². The molecule has 0 aromatic heterocycles. The Morgan fingerprint density at radius 3 is 2.52 bits per heavy atom. The number of halogens is 1. The Morgan fingerprint density at radius 1 is 1.06 bits per heavy atom. The second-order valence-electron chi connectivity index (χ2n) is 8.34. The highest BCUT2D eigenvalue weighted by molar-refractivity contribution is 8.01. The van der Waals surface area contributed by atoms with Gasteiger partial charge in [0.15, 0.2) is 0 Å². The maximum atomic E-state index is 14.3. The minimum Gasteiger partial charge on any atom is -0.355 e. The molecule has 4 nitrogen and oxygen atoms in total. The normalized spacial score (nSPS) is 16.3. The van der Waals surface area contributed by atoms with Crippen LogP contribution in [0.25, 0.3) is 0 Å². The molecule has 6 heteroatoms. The van der Waals surface area contributed by atoms with E-state index in [1.165, 1.54) is 23.4 Å². The van der Waals surface area contributed by atoms with Crippen molar-refractivity contribution in [1.29, 1.82) is 0 Å². The molecular formula is C27H27FN2O2S. The van der Waals surface area contributed by atoms with Gasteiger partial charge in [0.25, 0.3) is 0 Å². The number of amides is 2. The third-order valence-electron chi connectivity index (χ3n) is 5.91. The van der Waals surface area contributed by atoms with Crippen molar-refractivity contribution < 1.29 is 14.0 Å². The Morgan fingerprint density at radius 2 is 1.76 bits per heavy atom. The number of nitrogens with zero attached hydrogens (tertiary/aromatic N) is 1. The van der Waals surface area contributed by atoms with Crippen LogP contribution in [0.4, 0.5) is 10.1 Å². The fourth-order valence-electron chi connectivity index (χ4n) is 3.90. The number of nitrogens with one attached hydrogen (secondary N) is 1. The van der Waals surface area contributed by atoms with E-state index in [1.807, 2.05) is 31.2 Å². The first kappa shape index (κ1) is 23.1. The van der Waals surface area contributed by atoms with E-state index >= 15 is 0 Å². The molecule has 0 aliphatic carbocycles. The lowest BCUT2D eigenvalue weighted by Gasteiger charge is -2.35. The largest absolute Gasteiger partial charge is 0.355 e. The van der Waals surface area contributed by atoms with E-state index in [-0.39, 0.29) is 24.2 Å². The van der Waals surface area contributed by atoms with Crippen LogP contribution >= 0.6 is 11.8 Å². The number of hydrogen-bond donors (Lipinski definition) is 1. The lowest BCUT2D eigenvalue weighted by atomic mass is 10.0. The van der Waals surface area contributed by atoms with Crippen LogP contribution < -0.4 is 10.2 Å². The lowest BCUT2D eigenvalue weighted by Crippen LogP contribution is -2.47. The van der Waals surface area contributed by atoms with Crippen molar-refractivity contribution in [2.45, 2.75) is 37.0 Å². The van der Waals surface area contributed by atoms with Crippen molar-refractivity contribution in [2.24, 2.45) is 5.92 Å². The summed E-state index contributed by atoms with van der Waals surface area (Å²) in [5.41, 5.74) is 3.55. The van der Waals surface area contributed by atoms with Gasteiger partial charge in [-0.2, -0.15) is 0 Å². The number of para-hydroxylation sites is 1. The van der Waals surface area contributed by atoms with Gasteiger partial charge in [-0.05, 0) is 37.1 Å². The molecule has 3 aromatic carbocycles. The number of carbonyl (C=O) groups excluding carboxylic acids is 2. The highest BCUT2D eigenvalue weighted by Crippen LogP contribution is 2.42. The van der Waals surface area contributed by atoms with Gasteiger partial charge in [0.1, 0.15) is 11.1 Å². The molecule has 33 heavy (non-hydrogen) atoms. The van der Waals surface area contributed by atoms with Crippen molar-refractivity contribution in [3.05, 3.63) is 95.3 Å². The van der Waals surface area contributed by atoms with Crippen LogP contribution in [0.5, 0.6) is 0 Å². The maximum absolute atomic E-state index is 14.3. The van der Waals surface area contributed by atoms with Crippen molar-refractivity contribution >= 4 is 29.3 Å². The zero-order valence-electron chi connectivity index (χ0n) is 18.8. The first-order chi connectivity index (χ1) is 15.9. The number of aryl methyl sites for hydroxylation is 1. The summed E-state index contributed by atoms with van der Waals surface area (Å²) in [6.45, 7) is 4.46. The quantitative estimate of drug-likeness (QED) is 0.529. The Balaban J connectivity index is 1.47. The summed E-state index contributed by atoms with van der Waals surface area (Å²) in [7, 11) is 0. The molecule has 0 unspecified atom stereocenters. The van der Waals surface area contributed by atoms with Gasteiger partial charge in [-0.1, -0.05) is 67.1 Å². The van der Waals surface area contributed by atoms with Crippen LogP contribution in [0.2, 0.25) is 0 Å². The summed E-state index contributed by atoms with van der Waals surface area (Å²) in [6, 6.07) is 22.3. The summed E-state index contributed by atoms with van der Waals surface area (Å²) in [4.78, 5) is 28.9. The summed E-state index contributed by atoms with van der Waals surface area (Å²) >= 11 is 1.41. The van der Waals surface area contributed by atoms with Gasteiger partial charge in [0, 0.05) is 17.0 Å². The minimum atomic E-state index is -0.578. The first-order valence-electron chi connectivity index (χ1n) is 11.1. The average Bonchev–Trinajstić information content (AvgIpc) is 2.82. The number of fused-ring (bicyclic) bond motifs is 1. The minimum absolute atomic E-state index is 0.126. The predicted octanol–water partition coefficient (Wildman–Crippen LogP) is 5.14. The maximum Gasteiger partial charge on any atom is 0.241 e. The smallest absolute Gasteiger partial charge is 0.241 e. The monoisotopic (exact) mass is 462 g/mol. The molecule has 2 amide bonds. The van der Waals surface area contributed by atoms with E-state index in [1.54, 1.807) is 30.0 Å². The standard InChI is InChI=1S/C27H27FN2O2S/c1-18-11-13-20(14-12-18)15-16-29-26(31)19(2)25-27(32)30(17-21-7-3-4-8-22(21)28)23-9-5-6-10-24(23)33-25/h3-14,19,25H,15-17H2,1-2H3,(H,29,31)/t19-,25-/m0/s1. The van der Waals surface area contributed by atoms with Crippen molar-refractivity contribution in [2.75, 3.05) is 11.4 Å². The third-order valence-corrected chi connectivity index (χ3v) is 7.37. The molecule has 0 saturated carbocycles. The molecule has 1 heterocycles. The highest BCUT2D eigenvalue weighted by Gasteiger charge is 2.39. The van der Waals surface area contributed by atoms with Crippen LogP contribution in [0.15, 0.2) is 77.7 Å². The van der Waals surface area contributed by atoms with Gasteiger partial charge < -0.3 is 10.2 Å². The summed E-state index contributed by atoms with van der Waals surface area (Å²) in [5, 5.41) is 2.40. The van der Waals surface area contributed by atoms with Crippen LogP contribution in [-0.4, -0.2) is 23.6 Å². The first-order valence-corrected chi connectivity index (χ1v) is 12.0. The zero-order chi connectivity index (χ0) is 23.4. The number of rotatable bonds is 7. The number of carbonyl (C=O) groups is 2. The summed E-state index contributed by atoms with van der Waals surface area (Å²) in [5.74, 6) is -1.21. The molecule has 1 aliphatic rings. The zero-order valence-corrected chi connectivity index (χ0v) is 19.6. The van der Waals surface area contributed by atoms with Crippen molar-refractivity contribution in [3.63, 3.8) is 0 Å². The van der Waals surface area contributed by atoms with E-state index in [0.29, 0.717) is 12.1 Å². The number of anilines is 1. The highest BCUT2D eigenvalue weighted by atomic mass is 32.2. The second kappa shape index (κ2) is 10.2. The number of thioether (sulfide) groups is 1. The molecule has 0 spiro atoms.